The molecule has 2 nitrogen and oxygen atoms in total. The lowest BCUT2D eigenvalue weighted by molar-refractivity contribution is -0.0492. The Kier molecular flexibility index (Phi) is 3.53. The molecule has 2 N–H and O–H groups in total. The highest BCUT2D eigenvalue weighted by Crippen LogP contribution is 2.31. The van der Waals surface area contributed by atoms with Crippen LogP contribution in [0.5, 0.6) is 0 Å². The fourth-order valence-corrected chi connectivity index (χ4v) is 1.38. The Morgan fingerprint density at radius 2 is 1.92 bits per heavy atom. The van der Waals surface area contributed by atoms with Crippen LogP contribution in [0.3, 0.4) is 0 Å². The maximum absolute atomic E-state index is 5.88. The van der Waals surface area contributed by atoms with E-state index in [1.807, 2.05) is 0 Å². The maximum Gasteiger partial charge on any atom is 0.0799 e. The number of hydrogen-bond donors (Lipinski definition) is 1. The molecule has 0 atom stereocenters. The van der Waals surface area contributed by atoms with Gasteiger partial charge in [0.2, 0.25) is 0 Å². The zero-order valence-corrected chi connectivity index (χ0v) is 8.31. The summed E-state index contributed by atoms with van der Waals surface area (Å²) in [5.74, 6) is 0.842. The number of nitrogens with two attached hydrogens (primary N) is 1. The molecule has 0 heterocycles. The highest BCUT2D eigenvalue weighted by Gasteiger charge is 2.29. The van der Waals surface area contributed by atoms with Crippen molar-refractivity contribution in [2.45, 2.75) is 45.1 Å². The second-order valence-electron chi connectivity index (χ2n) is 3.85. The normalized spacial score (nSPS) is 18.2. The van der Waals surface area contributed by atoms with Crippen molar-refractivity contribution in [1.29, 1.82) is 0 Å². The van der Waals surface area contributed by atoms with Gasteiger partial charge in [0.05, 0.1) is 12.2 Å². The van der Waals surface area contributed by atoms with Gasteiger partial charge in [-0.2, -0.15) is 0 Å². The van der Waals surface area contributed by atoms with E-state index in [0.717, 1.165) is 25.4 Å². The monoisotopic (exact) mass is 171 g/mol. The molecule has 0 aliphatic heterocycles. The van der Waals surface area contributed by atoms with Gasteiger partial charge in [-0.1, -0.05) is 13.8 Å². The molecule has 12 heavy (non-hydrogen) atoms. The third kappa shape index (κ3) is 2.46. The Hall–Kier alpha value is -0.0800. The molecule has 1 fully saturated rings. The largest absolute Gasteiger partial charge is 0.373 e. The molecule has 0 spiro atoms. The summed E-state index contributed by atoms with van der Waals surface area (Å²) >= 11 is 0. The zero-order valence-electron chi connectivity index (χ0n) is 8.31. The van der Waals surface area contributed by atoms with Crippen LogP contribution in [0.15, 0.2) is 0 Å². The van der Waals surface area contributed by atoms with Gasteiger partial charge in [0.15, 0.2) is 0 Å². The van der Waals surface area contributed by atoms with Crippen LogP contribution in [0.2, 0.25) is 0 Å². The van der Waals surface area contributed by atoms with Crippen molar-refractivity contribution < 1.29 is 4.74 Å². The average Bonchev–Trinajstić information content (AvgIpc) is 2.92. The first kappa shape index (κ1) is 10.0. The van der Waals surface area contributed by atoms with Gasteiger partial charge in [-0.15, -0.1) is 0 Å². The van der Waals surface area contributed by atoms with Crippen molar-refractivity contribution in [3.8, 4) is 0 Å². The molecule has 0 aromatic carbocycles. The van der Waals surface area contributed by atoms with Crippen molar-refractivity contribution in [2.75, 3.05) is 13.2 Å². The van der Waals surface area contributed by atoms with Crippen LogP contribution in [0, 0.1) is 5.92 Å². The first-order valence-electron chi connectivity index (χ1n) is 5.10. The number of rotatable bonds is 6. The minimum absolute atomic E-state index is 0.0252. The van der Waals surface area contributed by atoms with Crippen LogP contribution in [0.1, 0.15) is 39.5 Å². The minimum Gasteiger partial charge on any atom is -0.373 e. The summed E-state index contributed by atoms with van der Waals surface area (Å²) < 4.78 is 5.88. The smallest absolute Gasteiger partial charge is 0.0799 e. The number of ether oxygens (including phenoxy) is 1. The fourth-order valence-electron chi connectivity index (χ4n) is 1.38. The van der Waals surface area contributed by atoms with Gasteiger partial charge < -0.3 is 10.5 Å². The van der Waals surface area contributed by atoms with Crippen LogP contribution >= 0.6 is 0 Å². The second-order valence-corrected chi connectivity index (χ2v) is 3.85. The van der Waals surface area contributed by atoms with Gasteiger partial charge in [0.1, 0.15) is 0 Å². The Balaban J connectivity index is 2.28. The summed E-state index contributed by atoms with van der Waals surface area (Å²) in [5, 5.41) is 0. The highest BCUT2D eigenvalue weighted by molar-refractivity contribution is 4.81. The Morgan fingerprint density at radius 1 is 1.33 bits per heavy atom. The Morgan fingerprint density at radius 3 is 2.25 bits per heavy atom. The molecule has 0 unspecified atom stereocenters. The summed E-state index contributed by atoms with van der Waals surface area (Å²) in [6, 6.07) is 0. The molecule has 1 aliphatic carbocycles. The molecule has 0 bridgehead atoms. The van der Waals surface area contributed by atoms with Crippen molar-refractivity contribution in [3.63, 3.8) is 0 Å². The fraction of sp³-hybridized carbons (Fsp3) is 1.00. The molecule has 0 aromatic rings. The van der Waals surface area contributed by atoms with Crippen molar-refractivity contribution in [1.82, 2.24) is 0 Å². The maximum atomic E-state index is 5.88. The predicted octanol–water partition coefficient (Wildman–Crippen LogP) is 1.93. The van der Waals surface area contributed by atoms with Gasteiger partial charge in [-0.3, -0.25) is 0 Å². The molecular formula is C10H21NO. The van der Waals surface area contributed by atoms with Gasteiger partial charge in [-0.25, -0.2) is 0 Å². The molecule has 1 saturated carbocycles. The average molecular weight is 171 g/mol. The minimum atomic E-state index is -0.0252. The first-order chi connectivity index (χ1) is 5.76. The van der Waals surface area contributed by atoms with Gasteiger partial charge in [-0.05, 0) is 31.6 Å². The third-order valence-corrected chi connectivity index (χ3v) is 2.98. The SMILES string of the molecule is CCC(CC)(CN)OCC1CC1. The molecule has 72 valence electrons. The lowest BCUT2D eigenvalue weighted by Crippen LogP contribution is -2.40. The molecule has 0 amide bonds. The molecule has 1 rings (SSSR count). The Bertz CT molecular complexity index is 120. The molecule has 0 saturated heterocycles. The van der Waals surface area contributed by atoms with E-state index in [1.54, 1.807) is 0 Å². The van der Waals surface area contributed by atoms with Crippen LogP contribution in [-0.4, -0.2) is 18.8 Å². The summed E-state index contributed by atoms with van der Waals surface area (Å²) in [6.07, 6.45) is 4.78. The number of hydrogen-bond acceptors (Lipinski definition) is 2. The van der Waals surface area contributed by atoms with E-state index in [4.69, 9.17) is 10.5 Å². The molecule has 1 aliphatic rings. The topological polar surface area (TPSA) is 35.2 Å². The lowest BCUT2D eigenvalue weighted by atomic mass is 9.97. The molecule has 0 radical (unpaired) electrons. The van der Waals surface area contributed by atoms with E-state index in [9.17, 15) is 0 Å². The first-order valence-corrected chi connectivity index (χ1v) is 5.10. The summed E-state index contributed by atoms with van der Waals surface area (Å²) in [4.78, 5) is 0. The second kappa shape index (κ2) is 4.24. The third-order valence-electron chi connectivity index (χ3n) is 2.98. The quantitative estimate of drug-likeness (QED) is 0.662. The van der Waals surface area contributed by atoms with Crippen molar-refractivity contribution >= 4 is 0 Å². The van der Waals surface area contributed by atoms with E-state index in [2.05, 4.69) is 13.8 Å². The molecule has 0 aromatic heterocycles. The summed E-state index contributed by atoms with van der Waals surface area (Å²) in [5.41, 5.74) is 5.69. The van der Waals surface area contributed by atoms with E-state index in [-0.39, 0.29) is 5.60 Å². The summed E-state index contributed by atoms with van der Waals surface area (Å²) in [6.45, 7) is 5.90. The van der Waals surface area contributed by atoms with E-state index < -0.39 is 0 Å². The standard InChI is InChI=1S/C10H21NO/c1-3-10(4-2,8-11)12-7-9-5-6-9/h9H,3-8,11H2,1-2H3. The van der Waals surface area contributed by atoms with Crippen LogP contribution in [-0.2, 0) is 4.74 Å². The highest BCUT2D eigenvalue weighted by atomic mass is 16.5. The van der Waals surface area contributed by atoms with Crippen molar-refractivity contribution in [3.05, 3.63) is 0 Å². The van der Waals surface area contributed by atoms with Crippen LogP contribution < -0.4 is 5.73 Å². The van der Waals surface area contributed by atoms with E-state index in [1.165, 1.54) is 12.8 Å². The van der Waals surface area contributed by atoms with Crippen LogP contribution in [0.25, 0.3) is 0 Å². The zero-order chi connectivity index (χ0) is 9.03. The van der Waals surface area contributed by atoms with Crippen LogP contribution in [0.4, 0.5) is 0 Å². The predicted molar refractivity (Wildman–Crippen MR) is 51.0 cm³/mol. The summed E-state index contributed by atoms with van der Waals surface area (Å²) in [7, 11) is 0. The lowest BCUT2D eigenvalue weighted by Gasteiger charge is -2.30. The Labute approximate surface area is 75.5 Å². The molecule has 2 heteroatoms. The van der Waals surface area contributed by atoms with Gasteiger partial charge in [0, 0.05) is 6.54 Å². The van der Waals surface area contributed by atoms with Gasteiger partial charge >= 0.3 is 0 Å². The van der Waals surface area contributed by atoms with E-state index >= 15 is 0 Å². The molecular weight excluding hydrogens is 150 g/mol. The van der Waals surface area contributed by atoms with Gasteiger partial charge in [0.25, 0.3) is 0 Å². The van der Waals surface area contributed by atoms with Crippen molar-refractivity contribution in [2.24, 2.45) is 11.7 Å². The van der Waals surface area contributed by atoms with E-state index in [0.29, 0.717) is 6.54 Å².